The van der Waals surface area contributed by atoms with Crippen LogP contribution in [0, 0.1) is 0 Å². The first kappa shape index (κ1) is 30.6. The van der Waals surface area contributed by atoms with E-state index in [-0.39, 0.29) is 36.7 Å². The smallest absolute Gasteiger partial charge is 0.306 e. The quantitative estimate of drug-likeness (QED) is 0.154. The summed E-state index contributed by atoms with van der Waals surface area (Å²) >= 11 is 0. The zero-order valence-corrected chi connectivity index (χ0v) is 25.0. The molecule has 210 valence electrons. The molecule has 39 heavy (non-hydrogen) atoms. The van der Waals surface area contributed by atoms with Gasteiger partial charge in [-0.3, -0.25) is 4.79 Å². The molecule has 0 saturated heterocycles. The maximum atomic E-state index is 12.8. The summed E-state index contributed by atoms with van der Waals surface area (Å²) in [4.78, 5) is 12.8. The number of esters is 1. The maximum Gasteiger partial charge on any atom is 0.306 e. The third kappa shape index (κ3) is 7.57. The molecule has 0 fully saturated rings. The van der Waals surface area contributed by atoms with E-state index in [0.717, 1.165) is 11.3 Å². The lowest BCUT2D eigenvalue weighted by Crippen LogP contribution is -2.67. The second-order valence-corrected chi connectivity index (χ2v) is 14.8. The monoisotopic (exact) mass is 550 g/mol. The Balaban J connectivity index is 2.07. The highest BCUT2D eigenvalue weighted by atomic mass is 28.4. The lowest BCUT2D eigenvalue weighted by atomic mass is 9.90. The van der Waals surface area contributed by atoms with Crippen molar-refractivity contribution in [3.8, 4) is 5.75 Å². The van der Waals surface area contributed by atoms with Crippen LogP contribution in [0.25, 0.3) is 0 Å². The van der Waals surface area contributed by atoms with Gasteiger partial charge < -0.3 is 23.4 Å². The lowest BCUT2D eigenvalue weighted by molar-refractivity contribution is -0.146. The van der Waals surface area contributed by atoms with Gasteiger partial charge in [0, 0.05) is 13.0 Å². The fourth-order valence-electron chi connectivity index (χ4n) is 5.12. The Morgan fingerprint density at radius 1 is 0.846 bits per heavy atom. The van der Waals surface area contributed by atoms with Gasteiger partial charge in [-0.05, 0) is 40.0 Å². The standard InChI is InChI=1S/C32H42O6Si/c1-7-36-31(33)22-29(25-18-20-26(35-6)21-19-25)30(37-24-34-5)23-38-39(32(2,3)4,27-14-10-8-11-15-27)28-16-12-9-13-17-28/h8-21,29-30H,7,22-24H2,1-6H3/t29-,30+/m0/s1. The molecule has 0 aliphatic heterocycles. The number of methoxy groups -OCH3 is 2. The molecule has 3 aromatic carbocycles. The van der Waals surface area contributed by atoms with Crippen molar-refractivity contribution < 1.29 is 28.2 Å². The highest BCUT2D eigenvalue weighted by Gasteiger charge is 2.50. The zero-order chi connectivity index (χ0) is 28.3. The normalized spacial score (nSPS) is 13.5. The van der Waals surface area contributed by atoms with Crippen LogP contribution in [0.15, 0.2) is 84.9 Å². The van der Waals surface area contributed by atoms with E-state index >= 15 is 0 Å². The van der Waals surface area contributed by atoms with Gasteiger partial charge in [0.15, 0.2) is 0 Å². The van der Waals surface area contributed by atoms with Gasteiger partial charge in [-0.1, -0.05) is 93.6 Å². The highest BCUT2D eigenvalue weighted by Crippen LogP contribution is 2.38. The Bertz CT molecular complexity index is 1090. The van der Waals surface area contributed by atoms with Gasteiger partial charge in [-0.2, -0.15) is 0 Å². The molecule has 0 amide bonds. The second-order valence-electron chi connectivity index (χ2n) is 10.5. The molecular weight excluding hydrogens is 508 g/mol. The third-order valence-corrected chi connectivity index (χ3v) is 12.0. The van der Waals surface area contributed by atoms with Gasteiger partial charge in [-0.25, -0.2) is 0 Å². The van der Waals surface area contributed by atoms with Crippen LogP contribution < -0.4 is 15.1 Å². The van der Waals surface area contributed by atoms with Gasteiger partial charge >= 0.3 is 5.97 Å². The highest BCUT2D eigenvalue weighted by molar-refractivity contribution is 6.99. The molecule has 0 radical (unpaired) electrons. The first-order valence-electron chi connectivity index (χ1n) is 13.4. The van der Waals surface area contributed by atoms with Gasteiger partial charge in [0.05, 0.1) is 32.8 Å². The molecule has 3 aromatic rings. The maximum absolute atomic E-state index is 12.8. The summed E-state index contributed by atoms with van der Waals surface area (Å²) in [7, 11) is 0.398. The summed E-state index contributed by atoms with van der Waals surface area (Å²) < 4.78 is 29.5. The molecule has 0 aliphatic rings. The minimum Gasteiger partial charge on any atom is -0.497 e. The average molecular weight is 551 g/mol. The minimum absolute atomic E-state index is 0.0737. The van der Waals surface area contributed by atoms with Crippen molar-refractivity contribution in [2.75, 3.05) is 34.2 Å². The van der Waals surface area contributed by atoms with E-state index in [0.29, 0.717) is 6.61 Å². The van der Waals surface area contributed by atoms with Crippen LogP contribution in [0.3, 0.4) is 0 Å². The van der Waals surface area contributed by atoms with Crippen LogP contribution in [-0.4, -0.2) is 54.6 Å². The Morgan fingerprint density at radius 3 is 1.87 bits per heavy atom. The summed E-state index contributed by atoms with van der Waals surface area (Å²) in [5, 5.41) is 2.17. The van der Waals surface area contributed by atoms with E-state index in [1.165, 1.54) is 10.4 Å². The number of ether oxygens (including phenoxy) is 4. The molecule has 3 rings (SSSR count). The molecule has 0 saturated carbocycles. The molecule has 6 nitrogen and oxygen atoms in total. The largest absolute Gasteiger partial charge is 0.497 e. The van der Waals surface area contributed by atoms with Crippen molar-refractivity contribution in [2.45, 2.75) is 51.2 Å². The fraction of sp³-hybridized carbons (Fsp3) is 0.406. The third-order valence-electron chi connectivity index (χ3n) is 6.97. The van der Waals surface area contributed by atoms with E-state index in [4.69, 9.17) is 23.4 Å². The molecule has 0 bridgehead atoms. The topological polar surface area (TPSA) is 63.2 Å². The van der Waals surface area contributed by atoms with Crippen LogP contribution in [0.5, 0.6) is 5.75 Å². The average Bonchev–Trinajstić information content (AvgIpc) is 2.94. The summed E-state index contributed by atoms with van der Waals surface area (Å²) in [5.41, 5.74) is 0.941. The molecule has 0 N–H and O–H groups in total. The van der Waals surface area contributed by atoms with E-state index in [1.807, 2.05) is 43.3 Å². The molecule has 0 aliphatic carbocycles. The van der Waals surface area contributed by atoms with Crippen molar-refractivity contribution in [3.05, 3.63) is 90.5 Å². The van der Waals surface area contributed by atoms with Crippen LogP contribution >= 0.6 is 0 Å². The molecule has 7 heteroatoms. The number of rotatable bonds is 14. The number of hydrogen-bond acceptors (Lipinski definition) is 6. The van der Waals surface area contributed by atoms with Crippen molar-refractivity contribution in [1.29, 1.82) is 0 Å². The lowest BCUT2D eigenvalue weighted by Gasteiger charge is -2.44. The summed E-state index contributed by atoms with van der Waals surface area (Å²) in [6.07, 6.45) is -0.317. The predicted molar refractivity (Wildman–Crippen MR) is 157 cm³/mol. The van der Waals surface area contributed by atoms with Crippen molar-refractivity contribution >= 4 is 24.7 Å². The van der Waals surface area contributed by atoms with Gasteiger partial charge in [0.25, 0.3) is 8.32 Å². The summed E-state index contributed by atoms with van der Waals surface area (Å²) in [6, 6.07) is 28.7. The summed E-state index contributed by atoms with van der Waals surface area (Å²) in [5.74, 6) is 0.143. The Morgan fingerprint density at radius 2 is 1.41 bits per heavy atom. The van der Waals surface area contributed by atoms with Crippen LogP contribution in [0.4, 0.5) is 0 Å². The van der Waals surface area contributed by atoms with E-state index in [1.54, 1.807) is 14.2 Å². The molecule has 0 unspecified atom stereocenters. The molecule has 0 aromatic heterocycles. The van der Waals surface area contributed by atoms with Gasteiger partial charge in [-0.15, -0.1) is 0 Å². The number of hydrogen-bond donors (Lipinski definition) is 0. The molecule has 0 heterocycles. The first-order valence-corrected chi connectivity index (χ1v) is 15.3. The molecule has 2 atom stereocenters. The second kappa shape index (κ2) is 14.4. The molecule has 0 spiro atoms. The van der Waals surface area contributed by atoms with Crippen molar-refractivity contribution in [1.82, 2.24) is 0 Å². The summed E-state index contributed by atoms with van der Waals surface area (Å²) in [6.45, 7) is 9.19. The predicted octanol–water partition coefficient (Wildman–Crippen LogP) is 5.30. The van der Waals surface area contributed by atoms with E-state index < -0.39 is 14.4 Å². The number of carbonyl (C=O) groups is 1. The fourth-order valence-corrected chi connectivity index (χ4v) is 9.69. The zero-order valence-electron chi connectivity index (χ0n) is 24.0. The van der Waals surface area contributed by atoms with Gasteiger partial charge in [0.1, 0.15) is 12.5 Å². The molecular formula is C32H42O6Si. The number of benzene rings is 3. The van der Waals surface area contributed by atoms with Crippen LogP contribution in [0.2, 0.25) is 5.04 Å². The van der Waals surface area contributed by atoms with Crippen LogP contribution in [-0.2, 0) is 23.4 Å². The Hall–Kier alpha value is -2.97. The van der Waals surface area contributed by atoms with Crippen LogP contribution in [0.1, 0.15) is 45.6 Å². The minimum atomic E-state index is -2.82. The number of carbonyl (C=O) groups excluding carboxylic acids is 1. The van der Waals surface area contributed by atoms with Gasteiger partial charge in [0.2, 0.25) is 0 Å². The SMILES string of the molecule is CCOC(=O)C[C@@H](c1ccc(OC)cc1)[C@@H](CO[Si](c1ccccc1)(c1ccccc1)C(C)(C)C)OCOC. The van der Waals surface area contributed by atoms with E-state index in [9.17, 15) is 4.79 Å². The Kier molecular flexibility index (Phi) is 11.3. The van der Waals surface area contributed by atoms with Crippen molar-refractivity contribution in [2.24, 2.45) is 0 Å². The van der Waals surface area contributed by atoms with E-state index in [2.05, 4.69) is 69.3 Å². The van der Waals surface area contributed by atoms with Crippen molar-refractivity contribution in [3.63, 3.8) is 0 Å². The Labute approximate surface area is 234 Å². The first-order chi connectivity index (χ1) is 18.8.